The maximum absolute atomic E-state index is 13.0. The molecule has 0 saturated carbocycles. The van der Waals surface area contributed by atoms with Crippen LogP contribution in [0.15, 0.2) is 24.3 Å². The molecule has 1 aromatic rings. The monoisotopic (exact) mass is 338 g/mol. The summed E-state index contributed by atoms with van der Waals surface area (Å²) in [6, 6.07) is 3.22. The Labute approximate surface area is 117 Å². The fourth-order valence-corrected chi connectivity index (χ4v) is 1.17. The highest BCUT2D eigenvalue weighted by Gasteiger charge is 2.77. The van der Waals surface area contributed by atoms with Crippen LogP contribution in [-0.4, -0.2) is 35.5 Å². The van der Waals surface area contributed by atoms with Crippen molar-refractivity contribution in [3.05, 3.63) is 29.8 Å². The molecule has 0 spiro atoms. The van der Waals surface area contributed by atoms with E-state index in [0.29, 0.717) is 0 Å². The number of hydrogen-bond donors (Lipinski definition) is 1. The van der Waals surface area contributed by atoms with Crippen LogP contribution in [0.5, 0.6) is 5.75 Å². The second-order valence-electron chi connectivity index (χ2n) is 3.96. The van der Waals surface area contributed by atoms with Gasteiger partial charge in [-0.3, -0.25) is 0 Å². The average molecular weight is 338 g/mol. The van der Waals surface area contributed by atoms with Crippen molar-refractivity contribution >= 4 is 5.97 Å². The highest BCUT2D eigenvalue weighted by molar-refractivity contribution is 5.89. The van der Waals surface area contributed by atoms with Crippen LogP contribution in [-0.2, 0) is 4.74 Å². The maximum Gasteiger partial charge on any atom is 0.460 e. The zero-order valence-electron chi connectivity index (χ0n) is 10.2. The summed E-state index contributed by atoms with van der Waals surface area (Å²) in [6.07, 6.45) is -11.3. The summed E-state index contributed by atoms with van der Waals surface area (Å²) in [7, 11) is 0. The van der Waals surface area contributed by atoms with E-state index in [2.05, 4.69) is 4.74 Å². The van der Waals surface area contributed by atoms with E-state index < -0.39 is 35.9 Å². The van der Waals surface area contributed by atoms with Crippen LogP contribution in [0.25, 0.3) is 0 Å². The Morgan fingerprint density at radius 1 is 1.00 bits per heavy atom. The van der Waals surface area contributed by atoms with E-state index in [1.54, 1.807) is 0 Å². The van der Waals surface area contributed by atoms with E-state index in [-0.39, 0.29) is 5.75 Å². The number of rotatable bonds is 4. The van der Waals surface area contributed by atoms with Gasteiger partial charge in [-0.05, 0) is 24.3 Å². The van der Waals surface area contributed by atoms with Gasteiger partial charge < -0.3 is 9.84 Å². The number of esters is 1. The van der Waals surface area contributed by atoms with Crippen molar-refractivity contribution in [3.63, 3.8) is 0 Å². The number of hydrogen-bond acceptors (Lipinski definition) is 3. The van der Waals surface area contributed by atoms with E-state index >= 15 is 0 Å². The number of carbonyl (C=O) groups excluding carboxylic acids is 1. The Kier molecular flexibility index (Phi) is 4.59. The number of ether oxygens (including phenoxy) is 1. The first kappa shape index (κ1) is 18.0. The molecule has 0 saturated heterocycles. The van der Waals surface area contributed by atoms with Crippen molar-refractivity contribution < 1.29 is 49.8 Å². The van der Waals surface area contributed by atoms with Crippen molar-refractivity contribution in [1.82, 2.24) is 0 Å². The molecule has 0 aliphatic carbocycles. The molecule has 1 rings (SSSR count). The van der Waals surface area contributed by atoms with Gasteiger partial charge in [0.05, 0.1) is 5.56 Å². The van der Waals surface area contributed by atoms with E-state index in [4.69, 9.17) is 5.11 Å². The van der Waals surface area contributed by atoms with Crippen LogP contribution >= 0.6 is 0 Å². The number of aromatic hydroxyl groups is 1. The van der Waals surface area contributed by atoms with Gasteiger partial charge in [-0.1, -0.05) is 0 Å². The number of carbonyl (C=O) groups is 1. The topological polar surface area (TPSA) is 46.5 Å². The third kappa shape index (κ3) is 3.22. The van der Waals surface area contributed by atoms with Crippen LogP contribution in [0.2, 0.25) is 0 Å². The molecule has 0 heterocycles. The lowest BCUT2D eigenvalue weighted by atomic mass is 10.1. The first-order valence-corrected chi connectivity index (χ1v) is 5.27. The minimum atomic E-state index is -6.74. The van der Waals surface area contributed by atoms with Crippen molar-refractivity contribution in [3.8, 4) is 5.75 Å². The lowest BCUT2D eigenvalue weighted by Gasteiger charge is -2.29. The third-order valence-corrected chi connectivity index (χ3v) is 2.37. The van der Waals surface area contributed by atoms with E-state index in [1.165, 1.54) is 0 Å². The fraction of sp³-hybridized carbons (Fsp3) is 0.364. The predicted molar refractivity (Wildman–Crippen MR) is 54.4 cm³/mol. The van der Waals surface area contributed by atoms with Gasteiger partial charge in [0.2, 0.25) is 0 Å². The van der Waals surface area contributed by atoms with Crippen LogP contribution in [0, 0.1) is 0 Å². The predicted octanol–water partition coefficient (Wildman–Crippen LogP) is 3.68. The Morgan fingerprint density at radius 2 is 1.45 bits per heavy atom. The molecule has 0 amide bonds. The van der Waals surface area contributed by atoms with Crippen molar-refractivity contribution in [2.24, 2.45) is 0 Å². The van der Waals surface area contributed by atoms with E-state index in [0.717, 1.165) is 24.3 Å². The average Bonchev–Trinajstić information content (AvgIpc) is 2.37. The lowest BCUT2D eigenvalue weighted by Crippen LogP contribution is -2.57. The minimum absolute atomic E-state index is 0.373. The van der Waals surface area contributed by atoms with Crippen molar-refractivity contribution in [1.29, 1.82) is 0 Å². The smallest absolute Gasteiger partial charge is 0.460 e. The Bertz CT molecular complexity index is 537. The van der Waals surface area contributed by atoms with Gasteiger partial charge in [0.25, 0.3) is 0 Å². The zero-order chi connectivity index (χ0) is 17.3. The van der Waals surface area contributed by atoms with Crippen LogP contribution < -0.4 is 0 Å². The quantitative estimate of drug-likeness (QED) is 0.673. The molecule has 0 aromatic heterocycles. The molecular formula is C11H6F8O3. The molecule has 0 radical (unpaired) electrons. The molecule has 3 nitrogen and oxygen atoms in total. The molecule has 1 N–H and O–H groups in total. The number of halogens is 8. The largest absolute Gasteiger partial charge is 0.508 e. The standard InChI is InChI=1S/C11H6F8O3/c12-8(9(13,14)10(15,16)11(17,18)19)22-7(21)5-1-3-6(20)4-2-5/h1-4,8,20H. The van der Waals surface area contributed by atoms with Gasteiger partial charge in [0.1, 0.15) is 5.75 Å². The molecule has 0 fully saturated rings. The van der Waals surface area contributed by atoms with E-state index in [1.807, 2.05) is 0 Å². The summed E-state index contributed by atoms with van der Waals surface area (Å²) in [5, 5.41) is 8.88. The fourth-order valence-electron chi connectivity index (χ4n) is 1.17. The highest BCUT2D eigenvalue weighted by atomic mass is 19.4. The normalized spacial score (nSPS) is 14.5. The second-order valence-corrected chi connectivity index (χ2v) is 3.96. The lowest BCUT2D eigenvalue weighted by molar-refractivity contribution is -0.381. The molecule has 1 unspecified atom stereocenters. The minimum Gasteiger partial charge on any atom is -0.508 e. The number of benzene rings is 1. The van der Waals surface area contributed by atoms with Crippen LogP contribution in [0.1, 0.15) is 10.4 Å². The molecule has 0 aliphatic rings. The first-order chi connectivity index (χ1) is 9.80. The summed E-state index contributed by atoms with van der Waals surface area (Å²) in [5.41, 5.74) is -0.647. The molecule has 1 atom stereocenters. The van der Waals surface area contributed by atoms with Gasteiger partial charge >= 0.3 is 30.3 Å². The van der Waals surface area contributed by atoms with Gasteiger partial charge in [0, 0.05) is 0 Å². The van der Waals surface area contributed by atoms with Crippen LogP contribution in [0.3, 0.4) is 0 Å². The Balaban J connectivity index is 2.93. The van der Waals surface area contributed by atoms with Gasteiger partial charge in [-0.2, -0.15) is 35.1 Å². The molecule has 0 aliphatic heterocycles. The summed E-state index contributed by atoms with van der Waals surface area (Å²) in [6.45, 7) is 0. The molecule has 1 aromatic carbocycles. The summed E-state index contributed by atoms with van der Waals surface area (Å²) in [5.74, 6) is -15.3. The molecule has 124 valence electrons. The maximum atomic E-state index is 13.0. The van der Waals surface area contributed by atoms with Crippen LogP contribution in [0.4, 0.5) is 35.1 Å². The Morgan fingerprint density at radius 3 is 1.86 bits per heavy atom. The van der Waals surface area contributed by atoms with Gasteiger partial charge in [-0.15, -0.1) is 0 Å². The molecule has 11 heteroatoms. The molecule has 0 bridgehead atoms. The second kappa shape index (κ2) is 5.61. The number of phenolic OH excluding ortho intramolecular Hbond substituents is 1. The summed E-state index contributed by atoms with van der Waals surface area (Å²) < 4.78 is 103. The third-order valence-electron chi connectivity index (χ3n) is 2.37. The highest BCUT2D eigenvalue weighted by Crippen LogP contribution is 2.49. The first-order valence-electron chi connectivity index (χ1n) is 5.27. The molecule has 22 heavy (non-hydrogen) atoms. The number of phenols is 1. The molecular weight excluding hydrogens is 332 g/mol. The summed E-state index contributed by atoms with van der Waals surface area (Å²) in [4.78, 5) is 11.2. The SMILES string of the molecule is O=C(OC(F)C(F)(F)C(F)(F)C(F)(F)F)c1ccc(O)cc1. The zero-order valence-corrected chi connectivity index (χ0v) is 10.2. The van der Waals surface area contributed by atoms with Gasteiger partial charge in [-0.25, -0.2) is 4.79 Å². The number of alkyl halides is 8. The van der Waals surface area contributed by atoms with Crippen molar-refractivity contribution in [2.45, 2.75) is 24.4 Å². The Hall–Kier alpha value is -2.07. The van der Waals surface area contributed by atoms with Crippen molar-refractivity contribution in [2.75, 3.05) is 0 Å². The summed E-state index contributed by atoms with van der Waals surface area (Å²) >= 11 is 0. The van der Waals surface area contributed by atoms with Gasteiger partial charge in [0.15, 0.2) is 0 Å². The van der Waals surface area contributed by atoms with E-state index in [9.17, 15) is 39.9 Å².